The van der Waals surface area contributed by atoms with Crippen molar-refractivity contribution in [3.63, 3.8) is 0 Å². The third-order valence-corrected chi connectivity index (χ3v) is 3.86. The Kier molecular flexibility index (Phi) is 4.92. The highest BCUT2D eigenvalue weighted by molar-refractivity contribution is 7.09. The van der Waals surface area contributed by atoms with Gasteiger partial charge in [-0.15, -0.1) is 11.3 Å². The normalized spacial score (nSPS) is 11.9. The highest BCUT2D eigenvalue weighted by atomic mass is 35.5. The van der Waals surface area contributed by atoms with E-state index in [1.54, 1.807) is 12.3 Å². The summed E-state index contributed by atoms with van der Waals surface area (Å²) in [6, 6.07) is 1.46. The van der Waals surface area contributed by atoms with E-state index in [0.29, 0.717) is 16.4 Å². The van der Waals surface area contributed by atoms with Crippen LogP contribution in [-0.2, 0) is 0 Å². The molecule has 0 aliphatic heterocycles. The maximum absolute atomic E-state index is 12.1. The van der Waals surface area contributed by atoms with Crippen molar-refractivity contribution in [1.29, 1.82) is 0 Å². The minimum Gasteiger partial charge on any atom is -0.369 e. The Balaban J connectivity index is 2.07. The number of carbonyl (C=O) groups is 1. The number of nitrogens with zero attached hydrogens (tertiary/aromatic N) is 2. The van der Waals surface area contributed by atoms with E-state index in [-0.39, 0.29) is 11.9 Å². The fraction of sp³-hybridized carbons (Fsp3) is 0.308. The van der Waals surface area contributed by atoms with E-state index in [2.05, 4.69) is 20.6 Å². The molecule has 5 nitrogen and oxygen atoms in total. The summed E-state index contributed by atoms with van der Waals surface area (Å²) in [5.41, 5.74) is 0.431. The first kappa shape index (κ1) is 14.7. The first-order valence-electron chi connectivity index (χ1n) is 6.21. The van der Waals surface area contributed by atoms with E-state index in [4.69, 9.17) is 11.6 Å². The molecule has 2 rings (SSSR count). The highest BCUT2D eigenvalue weighted by Gasteiger charge is 2.14. The number of anilines is 1. The van der Waals surface area contributed by atoms with Crippen LogP contribution in [0.15, 0.2) is 23.8 Å². The number of halogens is 1. The molecule has 2 aromatic rings. The SMILES string of the molecule is CCNc1ncc(C(=O)NC(C)c2nccs2)cc1Cl. The second kappa shape index (κ2) is 6.67. The van der Waals surface area contributed by atoms with Crippen LogP contribution in [0.25, 0.3) is 0 Å². The van der Waals surface area contributed by atoms with Gasteiger partial charge in [0.1, 0.15) is 10.8 Å². The van der Waals surface area contributed by atoms with Gasteiger partial charge in [-0.3, -0.25) is 4.79 Å². The monoisotopic (exact) mass is 310 g/mol. The van der Waals surface area contributed by atoms with Crippen LogP contribution < -0.4 is 10.6 Å². The smallest absolute Gasteiger partial charge is 0.253 e. The zero-order chi connectivity index (χ0) is 14.5. The Morgan fingerprint density at radius 1 is 1.50 bits per heavy atom. The summed E-state index contributed by atoms with van der Waals surface area (Å²) in [6.45, 7) is 4.56. The zero-order valence-corrected chi connectivity index (χ0v) is 12.8. The van der Waals surface area contributed by atoms with E-state index in [0.717, 1.165) is 11.6 Å². The summed E-state index contributed by atoms with van der Waals surface area (Å²) in [5.74, 6) is 0.365. The Morgan fingerprint density at radius 2 is 2.30 bits per heavy atom. The molecule has 1 amide bonds. The molecule has 2 heterocycles. The molecule has 2 N–H and O–H groups in total. The van der Waals surface area contributed by atoms with E-state index in [1.807, 2.05) is 19.2 Å². The minimum atomic E-state index is -0.217. The molecule has 0 aliphatic carbocycles. The Morgan fingerprint density at radius 3 is 2.90 bits per heavy atom. The molecule has 0 saturated heterocycles. The van der Waals surface area contributed by atoms with Crippen molar-refractivity contribution in [2.45, 2.75) is 19.9 Å². The van der Waals surface area contributed by atoms with Crippen LogP contribution in [0, 0.1) is 0 Å². The lowest BCUT2D eigenvalue weighted by Gasteiger charge is -2.12. The van der Waals surface area contributed by atoms with Crippen LogP contribution in [0.4, 0.5) is 5.82 Å². The summed E-state index contributed by atoms with van der Waals surface area (Å²) in [5, 5.41) is 9.06. The third kappa shape index (κ3) is 3.46. The van der Waals surface area contributed by atoms with E-state index in [9.17, 15) is 4.79 Å². The summed E-state index contributed by atoms with van der Waals surface area (Å²) in [4.78, 5) is 20.4. The topological polar surface area (TPSA) is 66.9 Å². The van der Waals surface area contributed by atoms with Gasteiger partial charge in [-0.05, 0) is 19.9 Å². The molecular formula is C13H15ClN4OS. The van der Waals surface area contributed by atoms with Crippen LogP contribution in [0.3, 0.4) is 0 Å². The maximum Gasteiger partial charge on any atom is 0.253 e. The lowest BCUT2D eigenvalue weighted by Crippen LogP contribution is -2.26. The van der Waals surface area contributed by atoms with Gasteiger partial charge in [0.25, 0.3) is 5.91 Å². The molecule has 7 heteroatoms. The minimum absolute atomic E-state index is 0.144. The summed E-state index contributed by atoms with van der Waals surface area (Å²) >= 11 is 7.58. The molecule has 1 atom stereocenters. The number of nitrogens with one attached hydrogen (secondary N) is 2. The van der Waals surface area contributed by atoms with Crippen molar-refractivity contribution in [1.82, 2.24) is 15.3 Å². The fourth-order valence-corrected chi connectivity index (χ4v) is 2.53. The van der Waals surface area contributed by atoms with Crippen LogP contribution in [-0.4, -0.2) is 22.4 Å². The summed E-state index contributed by atoms with van der Waals surface area (Å²) < 4.78 is 0. The number of amides is 1. The molecule has 0 bridgehead atoms. The number of pyridine rings is 1. The zero-order valence-electron chi connectivity index (χ0n) is 11.2. The average Bonchev–Trinajstić information content (AvgIpc) is 2.95. The van der Waals surface area contributed by atoms with E-state index in [1.165, 1.54) is 17.5 Å². The number of carbonyl (C=O) groups excluding carboxylic acids is 1. The van der Waals surface area contributed by atoms with Gasteiger partial charge in [-0.1, -0.05) is 11.6 Å². The van der Waals surface area contributed by atoms with Crippen molar-refractivity contribution >= 4 is 34.7 Å². The maximum atomic E-state index is 12.1. The number of aromatic nitrogens is 2. The van der Waals surface area contributed by atoms with Crippen LogP contribution in [0.5, 0.6) is 0 Å². The third-order valence-electron chi connectivity index (χ3n) is 2.62. The Hall–Kier alpha value is -1.66. The highest BCUT2D eigenvalue weighted by Crippen LogP contribution is 2.21. The quantitative estimate of drug-likeness (QED) is 0.890. The Bertz CT molecular complexity index is 588. The van der Waals surface area contributed by atoms with Gasteiger partial charge < -0.3 is 10.6 Å². The van der Waals surface area contributed by atoms with Crippen molar-refractivity contribution < 1.29 is 4.79 Å². The largest absolute Gasteiger partial charge is 0.369 e. The van der Waals surface area contributed by atoms with E-state index < -0.39 is 0 Å². The van der Waals surface area contributed by atoms with Gasteiger partial charge in [-0.2, -0.15) is 0 Å². The van der Waals surface area contributed by atoms with Crippen molar-refractivity contribution in [2.75, 3.05) is 11.9 Å². The lowest BCUT2D eigenvalue weighted by atomic mass is 10.2. The number of thiazole rings is 1. The average molecular weight is 311 g/mol. The predicted octanol–water partition coefficient (Wildman–Crippen LogP) is 3.11. The molecule has 0 aromatic carbocycles. The van der Waals surface area contributed by atoms with Gasteiger partial charge in [0.2, 0.25) is 0 Å². The second-order valence-electron chi connectivity index (χ2n) is 4.15. The molecule has 0 spiro atoms. The molecule has 1 unspecified atom stereocenters. The number of rotatable bonds is 5. The van der Waals surface area contributed by atoms with Gasteiger partial charge >= 0.3 is 0 Å². The first-order valence-corrected chi connectivity index (χ1v) is 7.47. The molecule has 2 aromatic heterocycles. The fourth-order valence-electron chi connectivity index (χ4n) is 1.65. The molecule has 0 saturated carbocycles. The van der Waals surface area contributed by atoms with Gasteiger partial charge in [0.05, 0.1) is 16.6 Å². The van der Waals surface area contributed by atoms with Gasteiger partial charge in [0.15, 0.2) is 0 Å². The van der Waals surface area contributed by atoms with Crippen LogP contribution in [0.1, 0.15) is 35.3 Å². The molecule has 20 heavy (non-hydrogen) atoms. The molecule has 0 fully saturated rings. The van der Waals surface area contributed by atoms with E-state index >= 15 is 0 Å². The van der Waals surface area contributed by atoms with Crippen molar-refractivity contribution in [3.8, 4) is 0 Å². The summed E-state index contributed by atoms with van der Waals surface area (Å²) in [6.07, 6.45) is 3.22. The van der Waals surface area contributed by atoms with Crippen molar-refractivity contribution in [3.05, 3.63) is 39.4 Å². The lowest BCUT2D eigenvalue weighted by molar-refractivity contribution is 0.0939. The molecular weight excluding hydrogens is 296 g/mol. The predicted molar refractivity (Wildman–Crippen MR) is 81.4 cm³/mol. The molecule has 0 radical (unpaired) electrons. The first-order chi connectivity index (χ1) is 9.61. The Labute approximate surface area is 126 Å². The molecule has 106 valence electrons. The number of hydrogen-bond acceptors (Lipinski definition) is 5. The standard InChI is InChI=1S/C13H15ClN4OS/c1-3-15-11-10(14)6-9(7-17-11)12(19)18-8(2)13-16-4-5-20-13/h4-8H,3H2,1-2H3,(H,15,17)(H,18,19). The second-order valence-corrected chi connectivity index (χ2v) is 5.48. The van der Waals surface area contributed by atoms with Gasteiger partial charge in [0, 0.05) is 24.3 Å². The van der Waals surface area contributed by atoms with Crippen molar-refractivity contribution in [2.24, 2.45) is 0 Å². The number of hydrogen-bond donors (Lipinski definition) is 2. The van der Waals surface area contributed by atoms with Crippen LogP contribution in [0.2, 0.25) is 5.02 Å². The van der Waals surface area contributed by atoms with Crippen LogP contribution >= 0.6 is 22.9 Å². The van der Waals surface area contributed by atoms with Gasteiger partial charge in [-0.25, -0.2) is 9.97 Å². The summed E-state index contributed by atoms with van der Waals surface area (Å²) in [7, 11) is 0. The molecule has 0 aliphatic rings.